The second kappa shape index (κ2) is 12.3. The molecule has 40 heavy (non-hydrogen) atoms. The van der Waals surface area contributed by atoms with Crippen LogP contribution in [-0.4, -0.2) is 40.9 Å². The number of carbonyl (C=O) groups is 1. The highest BCUT2D eigenvalue weighted by Gasteiger charge is 2.42. The van der Waals surface area contributed by atoms with E-state index in [0.717, 1.165) is 23.6 Å². The quantitative estimate of drug-likeness (QED) is 0.256. The van der Waals surface area contributed by atoms with E-state index in [1.807, 2.05) is 72.8 Å². The van der Waals surface area contributed by atoms with Crippen molar-refractivity contribution < 1.29 is 14.3 Å². The summed E-state index contributed by atoms with van der Waals surface area (Å²) in [6.45, 7) is 5.59. The molecule has 0 spiro atoms. The number of carbonyl (C=O) groups excluding carboxylic acids is 1. The minimum Gasteiger partial charge on any atom is -0.484 e. The maximum Gasteiger partial charge on any atom is 0.262 e. The number of pyridine rings is 1. The Morgan fingerprint density at radius 3 is 2.50 bits per heavy atom. The van der Waals surface area contributed by atoms with Gasteiger partial charge in [-0.25, -0.2) is 0 Å². The van der Waals surface area contributed by atoms with E-state index >= 15 is 0 Å². The van der Waals surface area contributed by atoms with E-state index < -0.39 is 0 Å². The van der Waals surface area contributed by atoms with Crippen molar-refractivity contribution in [3.05, 3.63) is 108 Å². The number of methoxy groups -OCH3 is 1. The number of anilines is 2. The van der Waals surface area contributed by atoms with Gasteiger partial charge in [0.1, 0.15) is 5.75 Å². The molecule has 0 saturated carbocycles. The number of aryl methyl sites for hydroxylation is 1. The number of hydrogen-bond acceptors (Lipinski definition) is 5. The van der Waals surface area contributed by atoms with Crippen LogP contribution in [0.2, 0.25) is 0 Å². The Morgan fingerprint density at radius 1 is 1.05 bits per heavy atom. The minimum atomic E-state index is -0.230. The van der Waals surface area contributed by atoms with Crippen molar-refractivity contribution in [2.24, 2.45) is 0 Å². The van der Waals surface area contributed by atoms with Gasteiger partial charge in [-0.05, 0) is 86.2 Å². The molecule has 2 atom stereocenters. The normalized spacial score (nSPS) is 16.6. The van der Waals surface area contributed by atoms with E-state index in [4.69, 9.17) is 21.7 Å². The first-order chi connectivity index (χ1) is 19.5. The molecule has 0 bridgehead atoms. The number of nitrogens with one attached hydrogen (secondary N) is 2. The van der Waals surface area contributed by atoms with Crippen LogP contribution < -0.4 is 20.3 Å². The molecule has 206 valence electrons. The van der Waals surface area contributed by atoms with Gasteiger partial charge in [-0.2, -0.15) is 0 Å². The van der Waals surface area contributed by atoms with Gasteiger partial charge in [0, 0.05) is 42.6 Å². The maximum atomic E-state index is 12.5. The molecule has 2 unspecified atom stereocenters. The van der Waals surface area contributed by atoms with Gasteiger partial charge >= 0.3 is 0 Å². The Bertz CT molecular complexity index is 1460. The topological polar surface area (TPSA) is 80.7 Å². The molecular weight excluding hydrogens is 522 g/mol. The van der Waals surface area contributed by atoms with Gasteiger partial charge in [-0.15, -0.1) is 0 Å². The SMILES string of the molecule is COCCn1c(C)cc(C2C(c3ccccn3)NC(=S)N2c2ccc(NC(=O)COc3ccccc3)cc2)c1C. The molecule has 1 amide bonds. The van der Waals surface area contributed by atoms with E-state index in [9.17, 15) is 4.79 Å². The fourth-order valence-corrected chi connectivity index (χ4v) is 5.52. The first-order valence-electron chi connectivity index (χ1n) is 13.2. The third-order valence-corrected chi connectivity index (χ3v) is 7.41. The predicted octanol–water partition coefficient (Wildman–Crippen LogP) is 5.34. The largest absolute Gasteiger partial charge is 0.484 e. The molecule has 1 aliphatic heterocycles. The van der Waals surface area contributed by atoms with Crippen LogP contribution in [0.1, 0.15) is 34.7 Å². The lowest BCUT2D eigenvalue weighted by Gasteiger charge is -2.28. The van der Waals surface area contributed by atoms with Crippen molar-refractivity contribution in [2.75, 3.05) is 30.5 Å². The monoisotopic (exact) mass is 555 g/mol. The summed E-state index contributed by atoms with van der Waals surface area (Å²) in [5, 5.41) is 7.04. The van der Waals surface area contributed by atoms with Crippen LogP contribution >= 0.6 is 12.2 Å². The van der Waals surface area contributed by atoms with Crippen LogP contribution in [0.25, 0.3) is 0 Å². The standard InChI is InChI=1S/C31H33N5O3S/c1-21-19-26(22(2)35(21)17-18-38-3)30-29(27-11-7-8-16-32-27)34-31(40)36(30)24-14-12-23(13-15-24)33-28(37)20-39-25-9-5-4-6-10-25/h4-16,19,29-30H,17-18,20H2,1-3H3,(H,33,37)(H,34,40). The highest BCUT2D eigenvalue weighted by Crippen LogP contribution is 2.43. The molecule has 1 aliphatic rings. The number of amides is 1. The molecule has 5 rings (SSSR count). The Morgan fingerprint density at radius 2 is 1.80 bits per heavy atom. The summed E-state index contributed by atoms with van der Waals surface area (Å²) in [5.41, 5.74) is 6.02. The third kappa shape index (κ3) is 5.85. The van der Waals surface area contributed by atoms with Gasteiger partial charge in [0.2, 0.25) is 0 Å². The van der Waals surface area contributed by atoms with Gasteiger partial charge in [0.15, 0.2) is 11.7 Å². The van der Waals surface area contributed by atoms with Crippen LogP contribution in [0.4, 0.5) is 11.4 Å². The van der Waals surface area contributed by atoms with Crippen molar-refractivity contribution in [2.45, 2.75) is 32.5 Å². The summed E-state index contributed by atoms with van der Waals surface area (Å²) in [6, 6.07) is 24.9. The van der Waals surface area contributed by atoms with Crippen molar-refractivity contribution >= 4 is 34.6 Å². The third-order valence-electron chi connectivity index (χ3n) is 7.09. The Hall–Kier alpha value is -4.21. The van der Waals surface area contributed by atoms with E-state index in [2.05, 4.69) is 45.0 Å². The fourth-order valence-electron chi connectivity index (χ4n) is 5.17. The lowest BCUT2D eigenvalue weighted by molar-refractivity contribution is -0.118. The van der Waals surface area contributed by atoms with Crippen LogP contribution in [-0.2, 0) is 16.1 Å². The molecule has 3 heterocycles. The zero-order chi connectivity index (χ0) is 28.1. The van der Waals surface area contributed by atoms with E-state index in [0.29, 0.717) is 23.2 Å². The second-order valence-corrected chi connectivity index (χ2v) is 10.1. The molecule has 0 radical (unpaired) electrons. The van der Waals surface area contributed by atoms with Crippen molar-refractivity contribution in [1.29, 1.82) is 0 Å². The van der Waals surface area contributed by atoms with Crippen molar-refractivity contribution in [3.63, 3.8) is 0 Å². The zero-order valence-electron chi connectivity index (χ0n) is 22.8. The van der Waals surface area contributed by atoms with E-state index in [-0.39, 0.29) is 24.6 Å². The van der Waals surface area contributed by atoms with Gasteiger partial charge in [0.25, 0.3) is 5.91 Å². The highest BCUT2D eigenvalue weighted by molar-refractivity contribution is 7.80. The molecule has 2 aromatic heterocycles. The van der Waals surface area contributed by atoms with Gasteiger partial charge in [-0.1, -0.05) is 24.3 Å². The van der Waals surface area contributed by atoms with Crippen LogP contribution in [0.5, 0.6) is 5.75 Å². The lowest BCUT2D eigenvalue weighted by Crippen LogP contribution is -2.29. The highest BCUT2D eigenvalue weighted by atomic mass is 32.1. The minimum absolute atomic E-state index is 0.0710. The summed E-state index contributed by atoms with van der Waals surface area (Å²) in [6.07, 6.45) is 1.81. The van der Waals surface area contributed by atoms with Gasteiger partial charge < -0.3 is 29.6 Å². The smallest absolute Gasteiger partial charge is 0.262 e. The number of benzene rings is 2. The summed E-state index contributed by atoms with van der Waals surface area (Å²) in [7, 11) is 1.72. The number of ether oxygens (including phenoxy) is 2. The van der Waals surface area contributed by atoms with Gasteiger partial charge in [0.05, 0.1) is 24.4 Å². The molecule has 1 saturated heterocycles. The number of nitrogens with zero attached hydrogens (tertiary/aromatic N) is 3. The molecule has 9 heteroatoms. The molecule has 2 aromatic carbocycles. The Balaban J connectivity index is 1.40. The average molecular weight is 556 g/mol. The first kappa shape index (κ1) is 27.4. The zero-order valence-corrected chi connectivity index (χ0v) is 23.7. The average Bonchev–Trinajstić information content (AvgIpc) is 3.46. The summed E-state index contributed by atoms with van der Waals surface area (Å²) >= 11 is 5.89. The van der Waals surface area contributed by atoms with Crippen LogP contribution in [0.3, 0.4) is 0 Å². The summed E-state index contributed by atoms with van der Waals surface area (Å²) in [4.78, 5) is 19.3. The molecule has 8 nitrogen and oxygen atoms in total. The van der Waals surface area contributed by atoms with E-state index in [1.165, 1.54) is 11.3 Å². The molecule has 4 aromatic rings. The molecule has 2 N–H and O–H groups in total. The molecular formula is C31H33N5O3S. The molecule has 0 aliphatic carbocycles. The van der Waals surface area contributed by atoms with Crippen LogP contribution in [0.15, 0.2) is 85.1 Å². The molecule has 1 fully saturated rings. The maximum absolute atomic E-state index is 12.5. The predicted molar refractivity (Wildman–Crippen MR) is 161 cm³/mol. The van der Waals surface area contributed by atoms with Crippen molar-refractivity contribution in [3.8, 4) is 5.75 Å². The Kier molecular flexibility index (Phi) is 8.42. The number of aromatic nitrogens is 2. The summed E-state index contributed by atoms with van der Waals surface area (Å²) in [5.74, 6) is 0.421. The Labute approximate surface area is 239 Å². The number of hydrogen-bond donors (Lipinski definition) is 2. The first-order valence-corrected chi connectivity index (χ1v) is 13.6. The van der Waals surface area contributed by atoms with Crippen molar-refractivity contribution in [1.82, 2.24) is 14.9 Å². The fraction of sp³-hybridized carbons (Fsp3) is 0.258. The number of para-hydroxylation sites is 1. The summed E-state index contributed by atoms with van der Waals surface area (Å²) < 4.78 is 13.2. The van der Waals surface area contributed by atoms with Crippen LogP contribution in [0, 0.1) is 13.8 Å². The van der Waals surface area contributed by atoms with Gasteiger partial charge in [-0.3, -0.25) is 9.78 Å². The number of thiocarbonyl (C=S) groups is 1. The lowest BCUT2D eigenvalue weighted by atomic mass is 9.96. The van der Waals surface area contributed by atoms with E-state index in [1.54, 1.807) is 13.3 Å². The number of rotatable bonds is 10. The second-order valence-electron chi connectivity index (χ2n) is 9.66.